The maximum Gasteiger partial charge on any atom is 0.251 e. The fourth-order valence-corrected chi connectivity index (χ4v) is 2.81. The first-order chi connectivity index (χ1) is 10.6. The highest BCUT2D eigenvalue weighted by Gasteiger charge is 2.22. The zero-order valence-corrected chi connectivity index (χ0v) is 13.7. The predicted molar refractivity (Wildman–Crippen MR) is 88.0 cm³/mol. The molecule has 0 radical (unpaired) electrons. The summed E-state index contributed by atoms with van der Waals surface area (Å²) in [5, 5.41) is 3.36. The normalized spacial score (nSPS) is 17.3. The summed E-state index contributed by atoms with van der Waals surface area (Å²) in [5.74, 6) is -0.242. The van der Waals surface area contributed by atoms with Gasteiger partial charge >= 0.3 is 0 Å². The summed E-state index contributed by atoms with van der Waals surface area (Å²) in [7, 11) is 0. The molecule has 1 aromatic rings. The minimum atomic E-state index is -0.511. The average Bonchev–Trinajstić information content (AvgIpc) is 2.47. The van der Waals surface area contributed by atoms with Crippen LogP contribution in [0.1, 0.15) is 49.4 Å². The maximum atomic E-state index is 12.5. The third kappa shape index (κ3) is 4.73. The Bertz CT molecular complexity index is 508. The van der Waals surface area contributed by atoms with E-state index in [1.54, 1.807) is 31.2 Å². The Hall–Kier alpha value is -1.55. The number of halogens is 1. The van der Waals surface area contributed by atoms with Crippen LogP contribution >= 0.6 is 11.6 Å². The third-order valence-corrected chi connectivity index (χ3v) is 4.24. The predicted octanol–water partition coefficient (Wildman–Crippen LogP) is 3.25. The van der Waals surface area contributed by atoms with Gasteiger partial charge in [0.25, 0.3) is 5.91 Å². The van der Waals surface area contributed by atoms with Crippen molar-refractivity contribution in [1.29, 1.82) is 0 Å². The zero-order chi connectivity index (χ0) is 15.9. The minimum Gasteiger partial charge on any atom is -0.341 e. The number of nitrogens with one attached hydrogen (secondary N) is 1. The molecule has 120 valence electrons. The lowest BCUT2D eigenvalue weighted by molar-refractivity contribution is -0.133. The van der Waals surface area contributed by atoms with Gasteiger partial charge in [-0.3, -0.25) is 9.59 Å². The van der Waals surface area contributed by atoms with Crippen molar-refractivity contribution >= 4 is 23.4 Å². The first-order valence-electron chi connectivity index (χ1n) is 7.93. The smallest absolute Gasteiger partial charge is 0.251 e. The van der Waals surface area contributed by atoms with Crippen molar-refractivity contribution in [3.8, 4) is 0 Å². The SMILES string of the molecule is CC(NC(=O)c1ccc(Cl)cc1)C(=O)N1CCCCCCC1. The molecule has 1 unspecified atom stereocenters. The molecule has 0 spiro atoms. The largest absolute Gasteiger partial charge is 0.341 e. The van der Waals surface area contributed by atoms with E-state index in [2.05, 4.69) is 5.32 Å². The monoisotopic (exact) mass is 322 g/mol. The van der Waals surface area contributed by atoms with Crippen molar-refractivity contribution in [2.24, 2.45) is 0 Å². The molecule has 22 heavy (non-hydrogen) atoms. The van der Waals surface area contributed by atoms with Crippen molar-refractivity contribution in [3.05, 3.63) is 34.9 Å². The second-order valence-corrected chi connectivity index (χ2v) is 6.23. The molecule has 2 rings (SSSR count). The van der Waals surface area contributed by atoms with Gasteiger partial charge in [-0.15, -0.1) is 0 Å². The minimum absolute atomic E-state index is 0.00390. The van der Waals surface area contributed by atoms with Crippen LogP contribution < -0.4 is 5.32 Å². The average molecular weight is 323 g/mol. The molecule has 1 aliphatic heterocycles. The zero-order valence-electron chi connectivity index (χ0n) is 13.0. The Balaban J connectivity index is 1.92. The number of amides is 2. The molecule has 1 N–H and O–H groups in total. The lowest BCUT2D eigenvalue weighted by Crippen LogP contribution is -2.47. The van der Waals surface area contributed by atoms with Gasteiger partial charge in [0, 0.05) is 23.7 Å². The number of benzene rings is 1. The summed E-state index contributed by atoms with van der Waals surface area (Å²) in [4.78, 5) is 26.5. The van der Waals surface area contributed by atoms with Gasteiger partial charge in [-0.05, 0) is 44.0 Å². The van der Waals surface area contributed by atoms with Crippen LogP contribution in [0.3, 0.4) is 0 Å². The summed E-state index contributed by atoms with van der Waals surface area (Å²) in [6.45, 7) is 3.33. The van der Waals surface area contributed by atoms with Crippen LogP contribution in [0, 0.1) is 0 Å². The number of hydrogen-bond donors (Lipinski definition) is 1. The molecular weight excluding hydrogens is 300 g/mol. The molecule has 0 aliphatic carbocycles. The van der Waals surface area contributed by atoms with Crippen molar-refractivity contribution < 1.29 is 9.59 Å². The van der Waals surface area contributed by atoms with Crippen molar-refractivity contribution in [2.75, 3.05) is 13.1 Å². The molecule has 1 atom stereocenters. The second-order valence-electron chi connectivity index (χ2n) is 5.80. The lowest BCUT2D eigenvalue weighted by atomic mass is 10.1. The van der Waals surface area contributed by atoms with Gasteiger partial charge in [0.2, 0.25) is 5.91 Å². The van der Waals surface area contributed by atoms with Crippen LogP contribution in [0.25, 0.3) is 0 Å². The summed E-state index contributed by atoms with van der Waals surface area (Å²) in [6, 6.07) is 6.14. The number of hydrogen-bond acceptors (Lipinski definition) is 2. The molecule has 1 heterocycles. The van der Waals surface area contributed by atoms with E-state index >= 15 is 0 Å². The molecular formula is C17H23ClN2O2. The molecule has 4 nitrogen and oxygen atoms in total. The van der Waals surface area contributed by atoms with Crippen LogP contribution in [0.2, 0.25) is 5.02 Å². The lowest BCUT2D eigenvalue weighted by Gasteiger charge is -2.27. The summed E-state index contributed by atoms with van der Waals surface area (Å²) in [5.41, 5.74) is 0.511. The van der Waals surface area contributed by atoms with E-state index < -0.39 is 6.04 Å². The van der Waals surface area contributed by atoms with E-state index in [1.807, 2.05) is 4.90 Å². The fraction of sp³-hybridized carbons (Fsp3) is 0.529. The first-order valence-corrected chi connectivity index (χ1v) is 8.31. The van der Waals surface area contributed by atoms with E-state index in [-0.39, 0.29) is 11.8 Å². The van der Waals surface area contributed by atoms with Crippen LogP contribution in [-0.2, 0) is 4.79 Å². The Morgan fingerprint density at radius 1 is 1.05 bits per heavy atom. The van der Waals surface area contributed by atoms with E-state index in [9.17, 15) is 9.59 Å². The summed E-state index contributed by atoms with van der Waals surface area (Å²) < 4.78 is 0. The number of likely N-dealkylation sites (tertiary alicyclic amines) is 1. The van der Waals surface area contributed by atoms with Crippen LogP contribution in [0.4, 0.5) is 0 Å². The number of carbonyl (C=O) groups is 2. The molecule has 1 saturated heterocycles. The Morgan fingerprint density at radius 3 is 2.18 bits per heavy atom. The standard InChI is InChI=1S/C17H23ClN2O2/c1-13(17(22)20-11-5-3-2-4-6-12-20)19-16(21)14-7-9-15(18)10-8-14/h7-10,13H,2-6,11-12H2,1H3,(H,19,21). The van der Waals surface area contributed by atoms with Gasteiger partial charge in [-0.2, -0.15) is 0 Å². The van der Waals surface area contributed by atoms with Crippen molar-refractivity contribution in [1.82, 2.24) is 10.2 Å². The number of nitrogens with zero attached hydrogens (tertiary/aromatic N) is 1. The van der Waals surface area contributed by atoms with Gasteiger partial charge in [0.1, 0.15) is 6.04 Å². The molecule has 0 aromatic heterocycles. The van der Waals surface area contributed by atoms with Gasteiger partial charge in [-0.25, -0.2) is 0 Å². The highest BCUT2D eigenvalue weighted by atomic mass is 35.5. The molecule has 0 bridgehead atoms. The first kappa shape index (κ1) is 16.8. The van der Waals surface area contributed by atoms with E-state index in [0.29, 0.717) is 10.6 Å². The third-order valence-electron chi connectivity index (χ3n) is 3.99. The molecule has 5 heteroatoms. The second kappa shape index (κ2) is 8.18. The van der Waals surface area contributed by atoms with Crippen LogP contribution in [-0.4, -0.2) is 35.8 Å². The number of carbonyl (C=O) groups excluding carboxylic acids is 2. The maximum absolute atomic E-state index is 12.5. The van der Waals surface area contributed by atoms with Gasteiger partial charge in [0.05, 0.1) is 0 Å². The fourth-order valence-electron chi connectivity index (χ4n) is 2.68. The van der Waals surface area contributed by atoms with Gasteiger partial charge < -0.3 is 10.2 Å². The highest BCUT2D eigenvalue weighted by molar-refractivity contribution is 6.30. The Labute approximate surface area is 136 Å². The number of rotatable bonds is 3. The van der Waals surface area contributed by atoms with E-state index in [0.717, 1.165) is 25.9 Å². The van der Waals surface area contributed by atoms with Crippen molar-refractivity contribution in [3.63, 3.8) is 0 Å². The van der Waals surface area contributed by atoms with E-state index in [4.69, 9.17) is 11.6 Å². The van der Waals surface area contributed by atoms with E-state index in [1.165, 1.54) is 19.3 Å². The topological polar surface area (TPSA) is 49.4 Å². The summed E-state index contributed by atoms with van der Waals surface area (Å²) >= 11 is 5.81. The van der Waals surface area contributed by atoms with Crippen LogP contribution in [0.15, 0.2) is 24.3 Å². The van der Waals surface area contributed by atoms with Gasteiger partial charge in [-0.1, -0.05) is 30.9 Å². The molecule has 1 aliphatic rings. The molecule has 1 aromatic carbocycles. The molecule has 0 saturated carbocycles. The molecule has 1 fully saturated rings. The van der Waals surface area contributed by atoms with Gasteiger partial charge in [0.15, 0.2) is 0 Å². The van der Waals surface area contributed by atoms with Crippen molar-refractivity contribution in [2.45, 2.75) is 45.1 Å². The quantitative estimate of drug-likeness (QED) is 0.928. The molecule has 2 amide bonds. The Kier molecular flexibility index (Phi) is 6.25. The summed E-state index contributed by atoms with van der Waals surface area (Å²) in [6.07, 6.45) is 5.70. The Morgan fingerprint density at radius 2 is 1.59 bits per heavy atom. The highest BCUT2D eigenvalue weighted by Crippen LogP contribution is 2.12. The van der Waals surface area contributed by atoms with Crippen LogP contribution in [0.5, 0.6) is 0 Å².